The molecule has 0 heterocycles. The van der Waals surface area contributed by atoms with Crippen LogP contribution < -0.4 is 0 Å². The molecule has 0 aliphatic heterocycles. The van der Waals surface area contributed by atoms with Crippen molar-refractivity contribution in [2.24, 2.45) is 10.8 Å². The summed E-state index contributed by atoms with van der Waals surface area (Å²) in [5.74, 6) is -0.372. The normalized spacial score (nSPS) is 45.8. The Balaban J connectivity index is 3.49. The second-order valence-electron chi connectivity index (χ2n) is 3.92. The van der Waals surface area contributed by atoms with E-state index in [-0.39, 0.29) is 12.2 Å². The van der Waals surface area contributed by atoms with Crippen LogP contribution >= 0.6 is 0 Å². The Morgan fingerprint density at radius 2 is 2.33 bits per heavy atom. The topological polar surface area (TPSA) is 40.9 Å². The van der Waals surface area contributed by atoms with Crippen LogP contribution in [-0.2, 0) is 4.79 Å². The van der Waals surface area contributed by atoms with Gasteiger partial charge in [-0.1, -0.05) is 13.8 Å². The van der Waals surface area contributed by atoms with Crippen molar-refractivity contribution < 1.29 is 11.6 Å². The summed E-state index contributed by atoms with van der Waals surface area (Å²) in [7, 11) is 0. The van der Waals surface area contributed by atoms with E-state index in [9.17, 15) is 4.79 Å². The lowest BCUT2D eigenvalue weighted by Crippen LogP contribution is -2.34. The smallest absolute Gasteiger partial charge is 0.135 e. The van der Waals surface area contributed by atoms with Crippen LogP contribution in [0.15, 0.2) is 0 Å². The third-order valence-corrected chi connectivity index (χ3v) is 1.84. The second kappa shape index (κ2) is 2.58. The van der Waals surface area contributed by atoms with Crippen LogP contribution in [0, 0.1) is 22.2 Å². The number of nitrogens with zero attached hydrogens (tertiary/aromatic N) is 1. The molecule has 2 nitrogen and oxygen atoms in total. The van der Waals surface area contributed by atoms with Gasteiger partial charge in [0, 0.05) is 19.7 Å². The zero-order valence-electron chi connectivity index (χ0n) is 12.3. The molecular formula is C10H15NO. The van der Waals surface area contributed by atoms with Gasteiger partial charge in [0.1, 0.15) is 5.78 Å². The largest absolute Gasteiger partial charge is 0.300 e. The lowest BCUT2D eigenvalue weighted by Gasteiger charge is -2.37. The Labute approximate surface area is 80.6 Å². The predicted octanol–water partition coefficient (Wildman–Crippen LogP) is 2.30. The first-order chi connectivity index (χ1) is 7.41. The first kappa shape index (κ1) is 4.41. The zero-order valence-corrected chi connectivity index (χ0v) is 7.27. The van der Waals surface area contributed by atoms with Crippen molar-refractivity contribution in [3.8, 4) is 6.07 Å². The van der Waals surface area contributed by atoms with E-state index in [1.165, 1.54) is 13.8 Å². The van der Waals surface area contributed by atoms with Gasteiger partial charge >= 0.3 is 0 Å². The fraction of sp³-hybridized carbons (Fsp3) is 0.800. The second-order valence-corrected chi connectivity index (χ2v) is 3.92. The molecule has 2 heteroatoms. The summed E-state index contributed by atoms with van der Waals surface area (Å²) in [6.07, 6.45) is -2.83. The molecule has 0 saturated heterocycles. The SMILES string of the molecule is [2H]C([2H])([2H])C1(C#N)CC(=O)CC(C)(C)C1([2H])[2H]. The molecule has 66 valence electrons. The van der Waals surface area contributed by atoms with E-state index in [4.69, 9.17) is 12.1 Å². The summed E-state index contributed by atoms with van der Waals surface area (Å²) in [5, 5.41) is 9.16. The third kappa shape index (κ3) is 1.85. The van der Waals surface area contributed by atoms with Crippen molar-refractivity contribution in [2.45, 2.75) is 39.9 Å². The summed E-state index contributed by atoms with van der Waals surface area (Å²) >= 11 is 0. The Morgan fingerprint density at radius 1 is 1.67 bits per heavy atom. The summed E-state index contributed by atoms with van der Waals surface area (Å²) in [4.78, 5) is 11.6. The Morgan fingerprint density at radius 3 is 2.83 bits per heavy atom. The summed E-state index contributed by atoms with van der Waals surface area (Å²) in [6.45, 7) is 0.155. The zero-order chi connectivity index (χ0) is 13.7. The molecule has 0 spiro atoms. The van der Waals surface area contributed by atoms with Gasteiger partial charge in [0.15, 0.2) is 0 Å². The first-order valence-corrected chi connectivity index (χ1v) is 3.84. The van der Waals surface area contributed by atoms with Crippen molar-refractivity contribution >= 4 is 5.78 Å². The molecule has 0 radical (unpaired) electrons. The molecule has 1 aliphatic rings. The fourth-order valence-corrected chi connectivity index (χ4v) is 1.58. The molecule has 1 fully saturated rings. The van der Waals surface area contributed by atoms with Crippen LogP contribution in [0.1, 0.15) is 46.8 Å². The third-order valence-electron chi connectivity index (χ3n) is 1.84. The molecule has 0 bridgehead atoms. The maximum absolute atomic E-state index is 11.6. The van der Waals surface area contributed by atoms with E-state index in [2.05, 4.69) is 0 Å². The Hall–Kier alpha value is -0.840. The molecule has 1 atom stereocenters. The fourth-order valence-electron chi connectivity index (χ4n) is 1.58. The van der Waals surface area contributed by atoms with Crippen LogP contribution in [0.5, 0.6) is 0 Å². The molecule has 0 aromatic carbocycles. The lowest BCUT2D eigenvalue weighted by atomic mass is 9.65. The van der Waals surface area contributed by atoms with Gasteiger partial charge in [0.25, 0.3) is 0 Å². The number of carbonyl (C=O) groups is 1. The van der Waals surface area contributed by atoms with E-state index in [1.54, 1.807) is 6.07 Å². The molecule has 1 rings (SSSR count). The number of nitriles is 1. The minimum absolute atomic E-state index is 0.0422. The highest BCUT2D eigenvalue weighted by atomic mass is 16.1. The van der Waals surface area contributed by atoms with Crippen molar-refractivity contribution in [3.05, 3.63) is 0 Å². The van der Waals surface area contributed by atoms with Gasteiger partial charge in [-0.3, -0.25) is 4.79 Å². The van der Waals surface area contributed by atoms with Crippen molar-refractivity contribution in [1.29, 1.82) is 5.26 Å². The number of hydrogen-bond donors (Lipinski definition) is 0. The Kier molecular flexibility index (Phi) is 0.950. The number of carbonyl (C=O) groups excluding carboxylic acids is 1. The minimum Gasteiger partial charge on any atom is -0.300 e. The molecular weight excluding hydrogens is 150 g/mol. The van der Waals surface area contributed by atoms with Gasteiger partial charge in [-0.05, 0) is 18.6 Å². The van der Waals surface area contributed by atoms with Gasteiger partial charge in [0.2, 0.25) is 0 Å². The highest BCUT2D eigenvalue weighted by molar-refractivity contribution is 5.81. The van der Waals surface area contributed by atoms with E-state index >= 15 is 0 Å². The van der Waals surface area contributed by atoms with Gasteiger partial charge in [-0.2, -0.15) is 5.26 Å². The maximum atomic E-state index is 11.6. The summed E-state index contributed by atoms with van der Waals surface area (Å²) < 4.78 is 38.3. The van der Waals surface area contributed by atoms with Gasteiger partial charge in [-0.25, -0.2) is 0 Å². The van der Waals surface area contributed by atoms with Crippen LogP contribution in [0.25, 0.3) is 0 Å². The van der Waals surface area contributed by atoms with E-state index in [0.29, 0.717) is 0 Å². The van der Waals surface area contributed by atoms with Crippen molar-refractivity contribution in [3.63, 3.8) is 0 Å². The lowest BCUT2D eigenvalue weighted by molar-refractivity contribution is -0.126. The van der Waals surface area contributed by atoms with E-state index in [0.717, 1.165) is 0 Å². The van der Waals surface area contributed by atoms with Gasteiger partial charge in [0.05, 0.1) is 11.5 Å². The average Bonchev–Trinajstić information content (AvgIpc) is 2.08. The summed E-state index contributed by atoms with van der Waals surface area (Å²) in [6, 6.07) is 1.58. The van der Waals surface area contributed by atoms with Gasteiger partial charge < -0.3 is 0 Å². The average molecular weight is 170 g/mol. The van der Waals surface area contributed by atoms with Crippen molar-refractivity contribution in [2.75, 3.05) is 0 Å². The molecule has 0 N–H and O–H groups in total. The van der Waals surface area contributed by atoms with Crippen LogP contribution in [0.2, 0.25) is 0 Å². The highest BCUT2D eigenvalue weighted by Crippen LogP contribution is 2.43. The van der Waals surface area contributed by atoms with Gasteiger partial charge in [-0.15, -0.1) is 0 Å². The first-order valence-electron chi connectivity index (χ1n) is 6.34. The molecule has 0 aromatic heterocycles. The predicted molar refractivity (Wildman–Crippen MR) is 46.4 cm³/mol. The Bertz CT molecular complexity index is 392. The highest BCUT2D eigenvalue weighted by Gasteiger charge is 2.40. The van der Waals surface area contributed by atoms with Crippen molar-refractivity contribution in [1.82, 2.24) is 0 Å². The van der Waals surface area contributed by atoms with Crippen LogP contribution in [0.3, 0.4) is 0 Å². The number of hydrogen-bond acceptors (Lipinski definition) is 2. The molecule has 0 amide bonds. The summed E-state index contributed by atoms with van der Waals surface area (Å²) in [5.41, 5.74) is -3.41. The molecule has 1 saturated carbocycles. The quantitative estimate of drug-likeness (QED) is 0.559. The maximum Gasteiger partial charge on any atom is 0.135 e. The number of Topliss-reactive ketones (excluding diaryl/α,β-unsaturated/α-hetero) is 1. The molecule has 0 aromatic rings. The number of rotatable bonds is 0. The standard InChI is InChI=1S/C10H15NO/c1-9(2)4-8(12)5-10(3,6-9)7-11/h4-6H2,1-3H3/i3D3,6D2. The molecule has 12 heavy (non-hydrogen) atoms. The monoisotopic (exact) mass is 170 g/mol. The van der Waals surface area contributed by atoms with E-state index < -0.39 is 30.5 Å². The van der Waals surface area contributed by atoms with E-state index in [1.807, 2.05) is 0 Å². The van der Waals surface area contributed by atoms with Crippen LogP contribution in [0.4, 0.5) is 0 Å². The number of ketones is 1. The molecule has 1 aliphatic carbocycles. The van der Waals surface area contributed by atoms with Crippen LogP contribution in [-0.4, -0.2) is 5.78 Å². The minimum atomic E-state index is -2.82. The molecule has 1 unspecified atom stereocenters.